The molecule has 0 atom stereocenters. The van der Waals surface area contributed by atoms with Gasteiger partial charge in [0.2, 0.25) is 0 Å². The summed E-state index contributed by atoms with van der Waals surface area (Å²) in [5.41, 5.74) is 3.35. The van der Waals surface area contributed by atoms with Crippen molar-refractivity contribution in [1.29, 1.82) is 10.5 Å². The van der Waals surface area contributed by atoms with Crippen LogP contribution in [0.25, 0.3) is 29.0 Å². The summed E-state index contributed by atoms with van der Waals surface area (Å²) in [6.45, 7) is 0. The van der Waals surface area contributed by atoms with E-state index in [2.05, 4.69) is 17.1 Å². The van der Waals surface area contributed by atoms with Crippen LogP contribution in [0, 0.1) is 22.7 Å². The Hall–Kier alpha value is -5.40. The molecule has 0 N–H and O–H groups in total. The lowest BCUT2D eigenvalue weighted by Crippen LogP contribution is -2.00. The molecule has 2 aromatic heterocycles. The van der Waals surface area contributed by atoms with Crippen LogP contribution in [0.1, 0.15) is 22.5 Å². The zero-order valence-electron chi connectivity index (χ0n) is 19.3. The van der Waals surface area contributed by atoms with E-state index < -0.39 is 0 Å². The number of aromatic nitrogens is 3. The highest BCUT2D eigenvalue weighted by atomic mass is 16.5. The molecule has 5 aromatic rings. The summed E-state index contributed by atoms with van der Waals surface area (Å²) < 4.78 is 13.6. The Morgan fingerprint density at radius 2 is 1.64 bits per heavy atom. The summed E-state index contributed by atoms with van der Waals surface area (Å²) in [6, 6.07) is 28.2. The minimum atomic E-state index is 0.423. The minimum absolute atomic E-state index is 0.423. The van der Waals surface area contributed by atoms with Crippen molar-refractivity contribution in [2.45, 2.75) is 0 Å². The van der Waals surface area contributed by atoms with Gasteiger partial charge in [-0.2, -0.15) is 10.5 Å². The summed E-state index contributed by atoms with van der Waals surface area (Å²) in [6.07, 6.45) is 5.30. The Balaban J connectivity index is 1.60. The van der Waals surface area contributed by atoms with Gasteiger partial charge in [0.05, 0.1) is 29.3 Å². The van der Waals surface area contributed by atoms with Crippen molar-refractivity contribution in [2.24, 2.45) is 0 Å². The predicted molar refractivity (Wildman–Crippen MR) is 137 cm³/mol. The zero-order chi connectivity index (χ0) is 24.9. The second kappa shape index (κ2) is 9.84. The molecule has 172 valence electrons. The smallest absolute Gasteiger partial charge is 0.176 e. The van der Waals surface area contributed by atoms with Crippen molar-refractivity contribution in [1.82, 2.24) is 14.5 Å². The van der Waals surface area contributed by atoms with E-state index in [4.69, 9.17) is 19.7 Å². The number of imidazole rings is 1. The van der Waals surface area contributed by atoms with Gasteiger partial charge in [-0.1, -0.05) is 36.4 Å². The van der Waals surface area contributed by atoms with E-state index in [0.29, 0.717) is 40.0 Å². The van der Waals surface area contributed by atoms with Crippen LogP contribution in [0.4, 0.5) is 0 Å². The van der Waals surface area contributed by atoms with Gasteiger partial charge in [0.25, 0.3) is 0 Å². The van der Waals surface area contributed by atoms with E-state index in [0.717, 1.165) is 16.6 Å². The van der Waals surface area contributed by atoms with Gasteiger partial charge in [-0.3, -0.25) is 4.57 Å². The van der Waals surface area contributed by atoms with Crippen LogP contribution >= 0.6 is 0 Å². The molecule has 36 heavy (non-hydrogen) atoms. The van der Waals surface area contributed by atoms with Crippen LogP contribution in [0.15, 0.2) is 85.1 Å². The van der Waals surface area contributed by atoms with Crippen LogP contribution in [0.5, 0.6) is 17.2 Å². The molecule has 0 aliphatic heterocycles. The summed E-state index contributed by atoms with van der Waals surface area (Å²) in [5.74, 6) is 2.76. The Labute approximate surface area is 207 Å². The predicted octanol–water partition coefficient (Wildman–Crippen LogP) is 6.14. The quantitative estimate of drug-likeness (QED) is 0.297. The third kappa shape index (κ3) is 4.25. The molecule has 0 saturated carbocycles. The number of rotatable bonds is 6. The molecule has 0 aliphatic rings. The number of benzene rings is 3. The molecule has 0 fully saturated rings. The summed E-state index contributed by atoms with van der Waals surface area (Å²) in [4.78, 5) is 9.26. The first-order valence-corrected chi connectivity index (χ1v) is 11.1. The number of nitrogens with zero attached hydrogens (tertiary/aromatic N) is 5. The largest absolute Gasteiger partial charge is 0.493 e. The van der Waals surface area contributed by atoms with Gasteiger partial charge in [-0.25, -0.2) is 9.97 Å². The van der Waals surface area contributed by atoms with E-state index in [-0.39, 0.29) is 0 Å². The lowest BCUT2D eigenvalue weighted by molar-refractivity contribution is 0.378. The van der Waals surface area contributed by atoms with Crippen LogP contribution in [-0.2, 0) is 0 Å². The zero-order valence-corrected chi connectivity index (χ0v) is 19.3. The molecular formula is C29H19N5O2. The number of hydrogen-bond acceptors (Lipinski definition) is 6. The maximum atomic E-state index is 9.48. The van der Waals surface area contributed by atoms with Crippen LogP contribution in [0.2, 0.25) is 0 Å². The van der Waals surface area contributed by atoms with Gasteiger partial charge in [-0.05, 0) is 54.6 Å². The van der Waals surface area contributed by atoms with Gasteiger partial charge in [0.1, 0.15) is 29.5 Å². The van der Waals surface area contributed by atoms with Crippen molar-refractivity contribution in [3.05, 3.63) is 108 Å². The average Bonchev–Trinajstić information content (AvgIpc) is 3.31. The van der Waals surface area contributed by atoms with Gasteiger partial charge in [-0.15, -0.1) is 0 Å². The number of pyridine rings is 1. The average molecular weight is 470 g/mol. The van der Waals surface area contributed by atoms with Crippen molar-refractivity contribution < 1.29 is 9.47 Å². The van der Waals surface area contributed by atoms with Gasteiger partial charge in [0.15, 0.2) is 11.5 Å². The fraction of sp³-hybridized carbons (Fsp3) is 0.0345. The highest BCUT2D eigenvalue weighted by Gasteiger charge is 2.14. The van der Waals surface area contributed by atoms with E-state index in [1.54, 1.807) is 43.5 Å². The topological polar surface area (TPSA) is 96.8 Å². The highest BCUT2D eigenvalue weighted by Crippen LogP contribution is 2.37. The van der Waals surface area contributed by atoms with Crippen LogP contribution in [0.3, 0.4) is 0 Å². The molecule has 5 rings (SSSR count). The lowest BCUT2D eigenvalue weighted by Gasteiger charge is -2.14. The van der Waals surface area contributed by atoms with Gasteiger partial charge >= 0.3 is 0 Å². The third-order valence-corrected chi connectivity index (χ3v) is 5.55. The normalized spacial score (nSPS) is 10.8. The number of ether oxygens (including phenoxy) is 2. The van der Waals surface area contributed by atoms with E-state index in [1.165, 1.54) is 6.20 Å². The first kappa shape index (κ1) is 22.4. The van der Waals surface area contributed by atoms with Crippen molar-refractivity contribution >= 4 is 23.2 Å². The molecule has 0 amide bonds. The first-order chi connectivity index (χ1) is 17.7. The summed E-state index contributed by atoms with van der Waals surface area (Å²) in [5, 5.41) is 18.6. The summed E-state index contributed by atoms with van der Waals surface area (Å²) >= 11 is 0. The number of fused-ring (bicyclic) bond motifs is 1. The maximum absolute atomic E-state index is 9.48. The Bertz CT molecular complexity index is 1670. The molecule has 0 unspecified atom stereocenters. The van der Waals surface area contributed by atoms with Crippen molar-refractivity contribution in [2.75, 3.05) is 7.11 Å². The van der Waals surface area contributed by atoms with Crippen molar-refractivity contribution in [3.8, 4) is 35.2 Å². The van der Waals surface area contributed by atoms with Crippen molar-refractivity contribution in [3.63, 3.8) is 0 Å². The van der Waals surface area contributed by atoms with Crippen LogP contribution in [-0.4, -0.2) is 21.6 Å². The van der Waals surface area contributed by atoms with Gasteiger partial charge < -0.3 is 9.47 Å². The molecule has 0 radical (unpaired) electrons. The molecule has 2 heterocycles. The molecule has 3 aromatic carbocycles. The third-order valence-electron chi connectivity index (χ3n) is 5.55. The molecule has 7 heteroatoms. The standard InChI is InChI=1S/C29H19N5O2/c1-35-26-12-6-8-21(29(26)36-25-11-5-2-7-22(25)18-31)14-16-28-33-23-9-3-4-10-24(23)34(28)27-15-13-20(17-30)19-32-27/h2-16,19H,1H3/b16-14+. The first-order valence-electron chi connectivity index (χ1n) is 11.1. The Morgan fingerprint density at radius 3 is 2.42 bits per heavy atom. The van der Waals surface area contributed by atoms with Crippen LogP contribution < -0.4 is 9.47 Å². The molecule has 0 bridgehead atoms. The SMILES string of the molecule is COc1cccc(/C=C/c2nc3ccccc3n2-c2ccc(C#N)cn2)c1Oc1ccccc1C#N. The fourth-order valence-electron chi connectivity index (χ4n) is 3.84. The second-order valence-electron chi connectivity index (χ2n) is 7.73. The molecule has 0 saturated heterocycles. The monoisotopic (exact) mass is 469 g/mol. The summed E-state index contributed by atoms with van der Waals surface area (Å²) in [7, 11) is 1.57. The molecule has 7 nitrogen and oxygen atoms in total. The lowest BCUT2D eigenvalue weighted by atomic mass is 10.1. The van der Waals surface area contributed by atoms with Gasteiger partial charge in [0, 0.05) is 11.8 Å². The van der Waals surface area contributed by atoms with E-state index in [9.17, 15) is 5.26 Å². The highest BCUT2D eigenvalue weighted by molar-refractivity contribution is 5.82. The molecular weight excluding hydrogens is 450 g/mol. The number of methoxy groups -OCH3 is 1. The Morgan fingerprint density at radius 1 is 0.833 bits per heavy atom. The Kier molecular flexibility index (Phi) is 6.12. The minimum Gasteiger partial charge on any atom is -0.493 e. The fourth-order valence-corrected chi connectivity index (χ4v) is 3.84. The van der Waals surface area contributed by atoms with E-state index in [1.807, 2.05) is 59.2 Å². The van der Waals surface area contributed by atoms with E-state index >= 15 is 0 Å². The molecule has 0 aliphatic carbocycles. The number of hydrogen-bond donors (Lipinski definition) is 0. The maximum Gasteiger partial charge on any atom is 0.176 e. The number of para-hydroxylation sites is 4. The number of nitriles is 2. The second-order valence-corrected chi connectivity index (χ2v) is 7.73. The molecule has 0 spiro atoms.